The highest BCUT2D eigenvalue weighted by molar-refractivity contribution is 5.89. The number of aryl methyl sites for hydroxylation is 1. The van der Waals surface area contributed by atoms with Crippen LogP contribution in [0.1, 0.15) is 41.4 Å². The van der Waals surface area contributed by atoms with E-state index in [1.54, 1.807) is 11.1 Å². The van der Waals surface area contributed by atoms with Gasteiger partial charge in [0.25, 0.3) is 0 Å². The molecular weight excluding hydrogens is 405 g/mol. The predicted octanol–water partition coefficient (Wildman–Crippen LogP) is 5.63. The van der Waals surface area contributed by atoms with Crippen molar-refractivity contribution in [3.05, 3.63) is 83.4 Å². The van der Waals surface area contributed by atoms with Crippen LogP contribution >= 0.6 is 0 Å². The number of benzene rings is 2. The van der Waals surface area contributed by atoms with Gasteiger partial charge in [-0.25, -0.2) is 9.78 Å². The molecule has 0 radical (unpaired) electrons. The van der Waals surface area contributed by atoms with Crippen LogP contribution in [-0.2, 0) is 12.7 Å². The average Bonchev–Trinajstić information content (AvgIpc) is 3.38. The van der Waals surface area contributed by atoms with E-state index in [2.05, 4.69) is 34.6 Å². The van der Waals surface area contributed by atoms with E-state index in [4.69, 9.17) is 0 Å². The van der Waals surface area contributed by atoms with Crippen molar-refractivity contribution in [2.45, 2.75) is 38.5 Å². The highest BCUT2D eigenvalue weighted by atomic mass is 19.4. The largest absolute Gasteiger partial charge is 0.416 e. The fraction of sp³-hybridized carbons (Fsp3) is 0.304. The Labute approximate surface area is 178 Å². The van der Waals surface area contributed by atoms with E-state index in [1.165, 1.54) is 17.7 Å². The molecule has 0 saturated carbocycles. The minimum Gasteiger partial charge on any atom is -0.329 e. The van der Waals surface area contributed by atoms with E-state index < -0.39 is 11.7 Å². The van der Waals surface area contributed by atoms with Crippen LogP contribution in [0.15, 0.2) is 60.9 Å². The monoisotopic (exact) mass is 428 g/mol. The number of amides is 2. The van der Waals surface area contributed by atoms with Gasteiger partial charge in [-0.3, -0.25) is 0 Å². The van der Waals surface area contributed by atoms with E-state index in [1.807, 2.05) is 17.7 Å². The number of aromatic nitrogens is 2. The van der Waals surface area contributed by atoms with Crippen LogP contribution in [-0.4, -0.2) is 27.0 Å². The summed E-state index contributed by atoms with van der Waals surface area (Å²) >= 11 is 0. The van der Waals surface area contributed by atoms with Gasteiger partial charge in [-0.15, -0.1) is 0 Å². The van der Waals surface area contributed by atoms with Gasteiger partial charge in [-0.1, -0.05) is 29.8 Å². The van der Waals surface area contributed by atoms with Crippen LogP contribution in [0.25, 0.3) is 0 Å². The minimum absolute atomic E-state index is 0.185. The van der Waals surface area contributed by atoms with E-state index in [0.29, 0.717) is 18.8 Å². The Balaban J connectivity index is 1.47. The normalized spacial score (nSPS) is 16.5. The number of hydrogen-bond acceptors (Lipinski definition) is 2. The lowest BCUT2D eigenvalue weighted by Crippen LogP contribution is -2.35. The predicted molar refractivity (Wildman–Crippen MR) is 112 cm³/mol. The molecule has 1 atom stereocenters. The zero-order valence-corrected chi connectivity index (χ0v) is 17.1. The van der Waals surface area contributed by atoms with Crippen molar-refractivity contribution in [2.24, 2.45) is 0 Å². The van der Waals surface area contributed by atoms with Gasteiger partial charge < -0.3 is 14.8 Å². The Kier molecular flexibility index (Phi) is 5.71. The zero-order valence-electron chi connectivity index (χ0n) is 17.1. The van der Waals surface area contributed by atoms with Crippen molar-refractivity contribution in [2.75, 3.05) is 11.9 Å². The first-order valence-electron chi connectivity index (χ1n) is 10.1. The van der Waals surface area contributed by atoms with Crippen LogP contribution in [0.3, 0.4) is 0 Å². The molecule has 4 rings (SSSR count). The van der Waals surface area contributed by atoms with Gasteiger partial charge >= 0.3 is 12.2 Å². The Morgan fingerprint density at radius 1 is 1.13 bits per heavy atom. The molecule has 0 spiro atoms. The molecule has 3 aromatic rings. The first-order valence-corrected chi connectivity index (χ1v) is 10.1. The van der Waals surface area contributed by atoms with Crippen molar-refractivity contribution in [1.82, 2.24) is 14.5 Å². The number of rotatable bonds is 4. The zero-order chi connectivity index (χ0) is 22.0. The fourth-order valence-electron chi connectivity index (χ4n) is 3.86. The quantitative estimate of drug-likeness (QED) is 0.586. The third-order valence-corrected chi connectivity index (χ3v) is 5.50. The summed E-state index contributed by atoms with van der Waals surface area (Å²) in [6, 6.07) is 12.2. The first kappa shape index (κ1) is 21.0. The molecule has 2 amide bonds. The van der Waals surface area contributed by atoms with Crippen LogP contribution < -0.4 is 5.32 Å². The van der Waals surface area contributed by atoms with Crippen LogP contribution in [0, 0.1) is 6.92 Å². The number of urea groups is 1. The summed E-state index contributed by atoms with van der Waals surface area (Å²) in [5, 5.41) is 2.71. The molecule has 2 aromatic carbocycles. The molecule has 1 N–H and O–H groups in total. The Hall–Kier alpha value is -3.29. The Morgan fingerprint density at radius 2 is 1.84 bits per heavy atom. The van der Waals surface area contributed by atoms with Crippen molar-refractivity contribution < 1.29 is 18.0 Å². The molecule has 5 nitrogen and oxygen atoms in total. The Morgan fingerprint density at radius 3 is 2.52 bits per heavy atom. The van der Waals surface area contributed by atoms with Gasteiger partial charge in [-0.2, -0.15) is 13.2 Å². The summed E-state index contributed by atoms with van der Waals surface area (Å²) in [4.78, 5) is 19.1. The SMILES string of the molecule is Cc1ccc(Cn2ccnc2[C@H]2CCCN2C(=O)Nc2ccc(C(F)(F)F)cc2)cc1. The molecule has 1 aliphatic rings. The number of imidazole rings is 1. The summed E-state index contributed by atoms with van der Waals surface area (Å²) in [6.07, 6.45) is 0.845. The highest BCUT2D eigenvalue weighted by Crippen LogP contribution is 2.33. The lowest BCUT2D eigenvalue weighted by molar-refractivity contribution is -0.137. The molecule has 162 valence electrons. The van der Waals surface area contributed by atoms with E-state index >= 15 is 0 Å². The smallest absolute Gasteiger partial charge is 0.329 e. The molecule has 1 fully saturated rings. The number of carbonyl (C=O) groups excluding carboxylic acids is 1. The van der Waals surface area contributed by atoms with Crippen molar-refractivity contribution >= 4 is 11.7 Å². The number of likely N-dealkylation sites (tertiary alicyclic amines) is 1. The second-order valence-corrected chi connectivity index (χ2v) is 7.76. The van der Waals surface area contributed by atoms with Crippen LogP contribution in [0.2, 0.25) is 0 Å². The second kappa shape index (κ2) is 8.45. The number of carbonyl (C=O) groups is 1. The minimum atomic E-state index is -4.41. The standard InChI is InChI=1S/C23H23F3N4O/c1-16-4-6-17(7-5-16)15-29-14-12-27-21(29)20-3-2-13-30(20)22(31)28-19-10-8-18(9-11-19)23(24,25)26/h4-12,14,20H,2-3,13,15H2,1H3,(H,28,31)/t20-/m1/s1. The third-order valence-electron chi connectivity index (χ3n) is 5.50. The van der Waals surface area contributed by atoms with Gasteiger partial charge in [0.15, 0.2) is 0 Å². The number of hydrogen-bond donors (Lipinski definition) is 1. The van der Waals surface area contributed by atoms with Gasteiger partial charge in [0.2, 0.25) is 0 Å². The molecule has 1 aromatic heterocycles. The van der Waals surface area contributed by atoms with E-state index in [9.17, 15) is 18.0 Å². The maximum atomic E-state index is 12.9. The number of nitrogens with one attached hydrogen (secondary N) is 1. The topological polar surface area (TPSA) is 50.2 Å². The molecule has 1 aliphatic heterocycles. The molecule has 8 heteroatoms. The summed E-state index contributed by atoms with van der Waals surface area (Å²) in [6.45, 7) is 3.26. The molecule has 31 heavy (non-hydrogen) atoms. The average molecular weight is 428 g/mol. The molecular formula is C23H23F3N4O. The molecule has 1 saturated heterocycles. The molecule has 2 heterocycles. The lowest BCUT2D eigenvalue weighted by Gasteiger charge is -2.25. The second-order valence-electron chi connectivity index (χ2n) is 7.76. The highest BCUT2D eigenvalue weighted by Gasteiger charge is 2.33. The summed E-state index contributed by atoms with van der Waals surface area (Å²) in [7, 11) is 0. The number of nitrogens with zero attached hydrogens (tertiary/aromatic N) is 3. The van der Waals surface area contributed by atoms with Crippen molar-refractivity contribution in [1.29, 1.82) is 0 Å². The Bertz CT molecular complexity index is 1040. The molecule has 0 aliphatic carbocycles. The van der Waals surface area contributed by atoms with Gasteiger partial charge in [0.1, 0.15) is 5.82 Å². The first-order chi connectivity index (χ1) is 14.8. The van der Waals surface area contributed by atoms with Crippen molar-refractivity contribution in [3.63, 3.8) is 0 Å². The van der Waals surface area contributed by atoms with Crippen molar-refractivity contribution in [3.8, 4) is 0 Å². The van der Waals surface area contributed by atoms with E-state index in [0.717, 1.165) is 36.4 Å². The maximum Gasteiger partial charge on any atom is 0.416 e. The number of alkyl halides is 3. The van der Waals surface area contributed by atoms with Crippen LogP contribution in [0.4, 0.5) is 23.7 Å². The number of anilines is 1. The summed E-state index contributed by atoms with van der Waals surface area (Å²) < 4.78 is 40.3. The number of halogens is 3. The summed E-state index contributed by atoms with van der Waals surface area (Å²) in [5.41, 5.74) is 1.91. The summed E-state index contributed by atoms with van der Waals surface area (Å²) in [5.74, 6) is 0.806. The van der Waals surface area contributed by atoms with Gasteiger partial charge in [0.05, 0.1) is 11.6 Å². The maximum absolute atomic E-state index is 12.9. The molecule has 0 unspecified atom stereocenters. The lowest BCUT2D eigenvalue weighted by atomic mass is 10.1. The van der Waals surface area contributed by atoms with Gasteiger partial charge in [-0.05, 0) is 49.6 Å². The third kappa shape index (κ3) is 4.73. The fourth-order valence-corrected chi connectivity index (χ4v) is 3.86. The van der Waals surface area contributed by atoms with Gasteiger partial charge in [0, 0.05) is 31.2 Å². The van der Waals surface area contributed by atoms with E-state index in [-0.39, 0.29) is 12.1 Å². The molecule has 0 bridgehead atoms. The van der Waals surface area contributed by atoms with Crippen LogP contribution in [0.5, 0.6) is 0 Å².